The molecule has 0 aromatic rings. The molecule has 1 heterocycles. The molecule has 3 saturated carbocycles. The molecule has 4 aliphatic carbocycles. The molecule has 0 aromatic carbocycles. The van der Waals surface area contributed by atoms with Crippen LogP contribution in [-0.4, -0.2) is 59.5 Å². The van der Waals surface area contributed by atoms with Gasteiger partial charge in [0, 0.05) is 23.7 Å². The Morgan fingerprint density at radius 1 is 1.11 bits per heavy atom. The van der Waals surface area contributed by atoms with Crippen molar-refractivity contribution in [2.75, 3.05) is 7.11 Å². The molecule has 5 rings (SSSR count). The van der Waals surface area contributed by atoms with Crippen LogP contribution in [-0.2, 0) is 38.2 Å². The molecule has 0 unspecified atom stereocenters. The molecule has 0 spiro atoms. The minimum atomic E-state index is -2.46. The molecule has 1 saturated heterocycles. The third-order valence-electron chi connectivity index (χ3n) is 10.7. The van der Waals surface area contributed by atoms with Crippen LogP contribution in [0.2, 0.25) is 0 Å². The number of carbonyl (C=O) groups excluding carboxylic acids is 5. The Bertz CT molecular complexity index is 1240. The van der Waals surface area contributed by atoms with Gasteiger partial charge < -0.3 is 19.3 Å². The first kappa shape index (κ1) is 25.8. The van der Waals surface area contributed by atoms with Crippen molar-refractivity contribution in [1.29, 1.82) is 0 Å². The van der Waals surface area contributed by atoms with Crippen LogP contribution in [0.5, 0.6) is 0 Å². The third kappa shape index (κ3) is 2.39. The van der Waals surface area contributed by atoms with Crippen molar-refractivity contribution >= 4 is 29.5 Å². The molecule has 1 N–H and O–H groups in total. The molecule has 37 heavy (non-hydrogen) atoms. The highest BCUT2D eigenvalue weighted by molar-refractivity contribution is 6.30. The van der Waals surface area contributed by atoms with E-state index in [1.165, 1.54) is 13.8 Å². The smallest absolute Gasteiger partial charge is 0.321 e. The minimum Gasteiger partial charge on any atom is -0.468 e. The summed E-state index contributed by atoms with van der Waals surface area (Å²) in [7, 11) is 1.14. The minimum absolute atomic E-state index is 0.0419. The van der Waals surface area contributed by atoms with Crippen molar-refractivity contribution in [1.82, 2.24) is 0 Å². The number of hydrogen-bond donors (Lipinski definition) is 1. The van der Waals surface area contributed by atoms with Gasteiger partial charge in [0.15, 0.2) is 22.6 Å². The molecule has 0 aromatic heterocycles. The summed E-state index contributed by atoms with van der Waals surface area (Å²) >= 11 is 0. The van der Waals surface area contributed by atoms with Gasteiger partial charge in [-0.3, -0.25) is 24.0 Å². The molecule has 8 atom stereocenters. The van der Waals surface area contributed by atoms with Crippen LogP contribution in [0.15, 0.2) is 23.8 Å². The molecule has 0 amide bonds. The van der Waals surface area contributed by atoms with E-state index in [4.69, 9.17) is 14.2 Å². The lowest BCUT2D eigenvalue weighted by atomic mass is 9.35. The molecule has 200 valence electrons. The Hall–Kier alpha value is -2.81. The maximum Gasteiger partial charge on any atom is 0.321 e. The van der Waals surface area contributed by atoms with Crippen molar-refractivity contribution in [3.63, 3.8) is 0 Å². The van der Waals surface area contributed by atoms with E-state index in [0.29, 0.717) is 12.0 Å². The summed E-state index contributed by atoms with van der Waals surface area (Å²) in [6.07, 6.45) is 1.14. The van der Waals surface area contributed by atoms with Gasteiger partial charge in [-0.1, -0.05) is 33.4 Å². The van der Waals surface area contributed by atoms with Crippen molar-refractivity contribution < 1.29 is 43.3 Å². The molecule has 9 nitrogen and oxygen atoms in total. The van der Waals surface area contributed by atoms with Gasteiger partial charge in [-0.2, -0.15) is 0 Å². The Balaban J connectivity index is 1.82. The number of rotatable bonds is 2. The third-order valence-corrected chi connectivity index (χ3v) is 10.7. The van der Waals surface area contributed by atoms with E-state index in [9.17, 15) is 29.1 Å². The first-order valence-corrected chi connectivity index (χ1v) is 12.6. The number of ether oxygens (including phenoxy) is 3. The lowest BCUT2D eigenvalue weighted by Crippen LogP contribution is -2.69. The van der Waals surface area contributed by atoms with E-state index in [0.717, 1.165) is 14.0 Å². The van der Waals surface area contributed by atoms with Gasteiger partial charge in [-0.05, 0) is 44.3 Å². The normalized spacial score (nSPS) is 47.4. The fourth-order valence-electron chi connectivity index (χ4n) is 9.22. The van der Waals surface area contributed by atoms with E-state index >= 15 is 0 Å². The van der Waals surface area contributed by atoms with E-state index in [-0.39, 0.29) is 18.4 Å². The summed E-state index contributed by atoms with van der Waals surface area (Å²) in [4.78, 5) is 67.4. The zero-order valence-electron chi connectivity index (χ0n) is 22.4. The van der Waals surface area contributed by atoms with Crippen LogP contribution in [0.3, 0.4) is 0 Å². The molecule has 1 aliphatic heterocycles. The van der Waals surface area contributed by atoms with Crippen molar-refractivity contribution in [3.8, 4) is 0 Å². The summed E-state index contributed by atoms with van der Waals surface area (Å²) < 4.78 is 16.9. The summed E-state index contributed by atoms with van der Waals surface area (Å²) in [5.41, 5.74) is -9.08. The SMILES string of the molecule is C=C1C=C2[C@@]34CC[C@@H](OC(C)=O)C(C)(C)[C@@H]3[C@@H](C[C@@]2(C)[C@@]2(C(=O)OC)C(=O)[C@@](C)(O)C(=O)[C@@]12C)OC4=O. The highest BCUT2D eigenvalue weighted by atomic mass is 16.6. The quantitative estimate of drug-likeness (QED) is 0.335. The van der Waals surface area contributed by atoms with Crippen molar-refractivity contribution in [2.45, 2.75) is 78.6 Å². The summed E-state index contributed by atoms with van der Waals surface area (Å²) in [5.74, 6) is -4.04. The van der Waals surface area contributed by atoms with Crippen molar-refractivity contribution in [3.05, 3.63) is 23.8 Å². The first-order chi connectivity index (χ1) is 16.9. The second-order valence-electron chi connectivity index (χ2n) is 12.6. The lowest BCUT2D eigenvalue weighted by Gasteiger charge is -2.63. The van der Waals surface area contributed by atoms with Crippen LogP contribution in [0.25, 0.3) is 0 Å². The zero-order valence-corrected chi connectivity index (χ0v) is 22.4. The number of allylic oxidation sites excluding steroid dienone is 2. The van der Waals surface area contributed by atoms with E-state index < -0.39 is 80.3 Å². The number of ketones is 2. The van der Waals surface area contributed by atoms with Crippen LogP contribution >= 0.6 is 0 Å². The Morgan fingerprint density at radius 3 is 2.30 bits per heavy atom. The van der Waals surface area contributed by atoms with Gasteiger partial charge in [-0.25, -0.2) is 0 Å². The Labute approximate surface area is 215 Å². The molecule has 0 radical (unpaired) electrons. The fraction of sp³-hybridized carbons (Fsp3) is 0.679. The van der Waals surface area contributed by atoms with Gasteiger partial charge in [0.05, 0.1) is 17.9 Å². The topological polar surface area (TPSA) is 133 Å². The molecule has 4 fully saturated rings. The van der Waals surface area contributed by atoms with Crippen LogP contribution < -0.4 is 0 Å². The van der Waals surface area contributed by atoms with E-state index in [1.807, 2.05) is 13.8 Å². The second kappa shape index (κ2) is 6.98. The largest absolute Gasteiger partial charge is 0.468 e. The average Bonchev–Trinajstić information content (AvgIpc) is 3.11. The predicted octanol–water partition coefficient (Wildman–Crippen LogP) is 2.24. The predicted molar refractivity (Wildman–Crippen MR) is 128 cm³/mol. The Morgan fingerprint density at radius 2 is 1.73 bits per heavy atom. The number of fused-ring (bicyclic) bond motifs is 3. The van der Waals surface area contributed by atoms with E-state index in [1.54, 1.807) is 13.0 Å². The summed E-state index contributed by atoms with van der Waals surface area (Å²) in [6.45, 7) is 13.6. The maximum absolute atomic E-state index is 14.2. The Kier molecular flexibility index (Phi) is 4.87. The van der Waals surface area contributed by atoms with Gasteiger partial charge in [0.25, 0.3) is 0 Å². The number of Topliss-reactive ketones (excluding diaryl/α,β-unsaturated/α-hetero) is 2. The lowest BCUT2D eigenvalue weighted by molar-refractivity contribution is -0.189. The van der Waals surface area contributed by atoms with Crippen LogP contribution in [0.1, 0.15) is 60.8 Å². The summed E-state index contributed by atoms with van der Waals surface area (Å²) in [6, 6.07) is 0. The molecular formula is C28H34O9. The molecule has 9 heteroatoms. The second-order valence-corrected chi connectivity index (χ2v) is 12.6. The van der Waals surface area contributed by atoms with Gasteiger partial charge in [-0.15, -0.1) is 0 Å². The van der Waals surface area contributed by atoms with Gasteiger partial charge in [0.1, 0.15) is 12.2 Å². The van der Waals surface area contributed by atoms with Gasteiger partial charge >= 0.3 is 17.9 Å². The van der Waals surface area contributed by atoms with Crippen LogP contribution in [0, 0.1) is 33.0 Å². The number of aliphatic hydroxyl groups is 1. The van der Waals surface area contributed by atoms with Crippen molar-refractivity contribution in [2.24, 2.45) is 33.0 Å². The first-order valence-electron chi connectivity index (χ1n) is 12.6. The number of methoxy groups -OCH3 is 1. The zero-order chi connectivity index (χ0) is 27.7. The monoisotopic (exact) mass is 514 g/mol. The standard InChI is InChI=1S/C28H34O9/c1-13-11-16-24(5,28(22(33)35-8)20(31)26(7,34)19(30)25(13,28)6)12-15-18-23(3,4)17(36-14(2)29)9-10-27(16,18)21(32)37-15/h11,15,17-18,34H,1,9-10,12H2,2-8H3/t15-,17-,18+,24-,25-,26+,27+,28+/m1/s1. The number of esters is 3. The molecule has 5 aliphatic rings. The van der Waals surface area contributed by atoms with Gasteiger partial charge in [0.2, 0.25) is 0 Å². The fourth-order valence-corrected chi connectivity index (χ4v) is 9.22. The summed E-state index contributed by atoms with van der Waals surface area (Å²) in [5, 5.41) is 11.2. The van der Waals surface area contributed by atoms with E-state index in [2.05, 4.69) is 6.58 Å². The average molecular weight is 515 g/mol. The molecule has 2 bridgehead atoms. The maximum atomic E-state index is 14.2. The van der Waals surface area contributed by atoms with Crippen LogP contribution in [0.4, 0.5) is 0 Å². The number of carbonyl (C=O) groups is 5. The molecular weight excluding hydrogens is 480 g/mol. The number of hydrogen-bond acceptors (Lipinski definition) is 9. The highest BCUT2D eigenvalue weighted by Gasteiger charge is 2.87. The highest BCUT2D eigenvalue weighted by Crippen LogP contribution is 2.78.